The molecule has 1 aliphatic rings. The second-order valence-electron chi connectivity index (χ2n) is 6.21. The van der Waals surface area contributed by atoms with Crippen molar-refractivity contribution >= 4 is 35.0 Å². The molecule has 1 unspecified atom stereocenters. The van der Waals surface area contributed by atoms with Crippen LogP contribution in [0.3, 0.4) is 0 Å². The molecule has 1 atom stereocenters. The van der Waals surface area contributed by atoms with Gasteiger partial charge in [-0.25, -0.2) is 9.97 Å². The van der Waals surface area contributed by atoms with Gasteiger partial charge in [-0.3, -0.25) is 14.7 Å². The van der Waals surface area contributed by atoms with Gasteiger partial charge in [0.1, 0.15) is 6.54 Å². The third-order valence-electron chi connectivity index (χ3n) is 4.34. The maximum Gasteiger partial charge on any atom is 0.323 e. The molecule has 138 valence electrons. The Kier molecular flexibility index (Phi) is 4.32. The second-order valence-corrected chi connectivity index (χ2v) is 7.16. The number of anilines is 2. The van der Waals surface area contributed by atoms with Crippen molar-refractivity contribution in [3.63, 3.8) is 0 Å². The van der Waals surface area contributed by atoms with Crippen molar-refractivity contribution in [1.82, 2.24) is 20.2 Å². The Balaban J connectivity index is 1.70. The SMILES string of the molecule is CN(CC(=O)O)c1ncc(C2CC(=O)Nc3n[nH]c(-c4cccs4)c32)cn1. The van der Waals surface area contributed by atoms with E-state index in [0.29, 0.717) is 11.8 Å². The first kappa shape index (κ1) is 17.2. The van der Waals surface area contributed by atoms with Crippen LogP contribution in [-0.2, 0) is 9.59 Å². The predicted octanol–water partition coefficient (Wildman–Crippen LogP) is 1.92. The summed E-state index contributed by atoms with van der Waals surface area (Å²) >= 11 is 1.59. The van der Waals surface area contributed by atoms with Gasteiger partial charge in [0.25, 0.3) is 0 Å². The van der Waals surface area contributed by atoms with Gasteiger partial charge in [0.05, 0.1) is 10.6 Å². The molecule has 4 heterocycles. The van der Waals surface area contributed by atoms with Gasteiger partial charge in [0.15, 0.2) is 5.82 Å². The molecule has 0 radical (unpaired) electrons. The Morgan fingerprint density at radius 3 is 2.85 bits per heavy atom. The third kappa shape index (κ3) is 3.26. The molecule has 3 aromatic heterocycles. The average Bonchev–Trinajstić information content (AvgIpc) is 3.29. The number of amides is 1. The van der Waals surface area contributed by atoms with Gasteiger partial charge < -0.3 is 15.3 Å². The zero-order valence-electron chi connectivity index (χ0n) is 14.3. The summed E-state index contributed by atoms with van der Waals surface area (Å²) in [5.74, 6) is -0.482. The lowest BCUT2D eigenvalue weighted by molar-refractivity contribution is -0.135. The average molecular weight is 384 g/mol. The molecule has 0 spiro atoms. The largest absolute Gasteiger partial charge is 0.480 e. The molecule has 1 amide bonds. The smallest absolute Gasteiger partial charge is 0.323 e. The number of H-pyrrole nitrogens is 1. The maximum atomic E-state index is 12.1. The first-order chi connectivity index (χ1) is 13.0. The molecule has 0 saturated heterocycles. The van der Waals surface area contributed by atoms with Gasteiger partial charge in [-0.15, -0.1) is 11.3 Å². The Bertz CT molecular complexity index is 983. The van der Waals surface area contributed by atoms with E-state index in [1.165, 1.54) is 4.90 Å². The lowest BCUT2D eigenvalue weighted by Gasteiger charge is -2.23. The van der Waals surface area contributed by atoms with E-state index in [9.17, 15) is 9.59 Å². The summed E-state index contributed by atoms with van der Waals surface area (Å²) in [6.07, 6.45) is 3.54. The summed E-state index contributed by atoms with van der Waals surface area (Å²) in [4.78, 5) is 34.0. The molecule has 0 saturated carbocycles. The van der Waals surface area contributed by atoms with Crippen molar-refractivity contribution in [2.24, 2.45) is 0 Å². The zero-order chi connectivity index (χ0) is 19.0. The van der Waals surface area contributed by atoms with Crippen LogP contribution in [0.5, 0.6) is 0 Å². The predicted molar refractivity (Wildman–Crippen MR) is 99.9 cm³/mol. The normalized spacial score (nSPS) is 15.9. The Morgan fingerprint density at radius 1 is 1.41 bits per heavy atom. The number of nitrogens with one attached hydrogen (secondary N) is 2. The number of carbonyl (C=O) groups is 2. The number of thiophene rings is 1. The highest BCUT2D eigenvalue weighted by Gasteiger charge is 2.32. The van der Waals surface area contributed by atoms with E-state index >= 15 is 0 Å². The number of aromatic nitrogens is 4. The van der Waals surface area contributed by atoms with Crippen LogP contribution in [0.1, 0.15) is 23.5 Å². The van der Waals surface area contributed by atoms with Crippen LogP contribution in [0, 0.1) is 0 Å². The fourth-order valence-electron chi connectivity index (χ4n) is 3.13. The van der Waals surface area contributed by atoms with E-state index < -0.39 is 5.97 Å². The highest BCUT2D eigenvalue weighted by Crippen LogP contribution is 2.42. The molecule has 27 heavy (non-hydrogen) atoms. The van der Waals surface area contributed by atoms with Crippen molar-refractivity contribution in [2.45, 2.75) is 12.3 Å². The molecule has 3 aromatic rings. The first-order valence-electron chi connectivity index (χ1n) is 8.19. The van der Waals surface area contributed by atoms with E-state index in [2.05, 4.69) is 25.5 Å². The number of aliphatic carboxylic acids is 1. The number of rotatable bonds is 5. The van der Waals surface area contributed by atoms with Crippen LogP contribution >= 0.6 is 11.3 Å². The molecule has 0 bridgehead atoms. The highest BCUT2D eigenvalue weighted by molar-refractivity contribution is 7.13. The topological polar surface area (TPSA) is 124 Å². The lowest BCUT2D eigenvalue weighted by atomic mass is 9.87. The lowest BCUT2D eigenvalue weighted by Crippen LogP contribution is -2.27. The summed E-state index contributed by atoms with van der Waals surface area (Å²) in [5, 5.41) is 20.9. The Labute approximate surface area is 158 Å². The van der Waals surface area contributed by atoms with Gasteiger partial charge >= 0.3 is 5.97 Å². The van der Waals surface area contributed by atoms with Crippen molar-refractivity contribution in [1.29, 1.82) is 0 Å². The Morgan fingerprint density at radius 2 is 2.19 bits per heavy atom. The van der Waals surface area contributed by atoms with Crippen molar-refractivity contribution < 1.29 is 14.7 Å². The Hall–Kier alpha value is -3.27. The minimum atomic E-state index is -0.960. The van der Waals surface area contributed by atoms with Crippen molar-refractivity contribution in [3.8, 4) is 10.6 Å². The summed E-state index contributed by atoms with van der Waals surface area (Å²) < 4.78 is 0. The second kappa shape index (κ2) is 6.80. The first-order valence-corrected chi connectivity index (χ1v) is 9.07. The maximum absolute atomic E-state index is 12.1. The molecule has 9 nitrogen and oxygen atoms in total. The standard InChI is InChI=1S/C17H16N6O3S/c1-23(8-13(25)26)17-18-6-9(7-19-17)10-5-12(24)20-16-14(10)15(21-22-16)11-3-2-4-27-11/h2-4,6-7,10H,5,8H2,1H3,(H,25,26)(H2,20,21,22,24). The number of aromatic amines is 1. The van der Waals surface area contributed by atoms with Gasteiger partial charge in [0.2, 0.25) is 11.9 Å². The van der Waals surface area contributed by atoms with E-state index in [-0.39, 0.29) is 24.8 Å². The summed E-state index contributed by atoms with van der Waals surface area (Å²) in [6, 6.07) is 3.95. The van der Waals surface area contributed by atoms with Crippen molar-refractivity contribution in [3.05, 3.63) is 41.0 Å². The summed E-state index contributed by atoms with van der Waals surface area (Å²) in [7, 11) is 1.61. The van der Waals surface area contributed by atoms with Crippen LogP contribution in [0.4, 0.5) is 11.8 Å². The van der Waals surface area contributed by atoms with Gasteiger partial charge in [-0.1, -0.05) is 6.07 Å². The van der Waals surface area contributed by atoms with Crippen LogP contribution in [-0.4, -0.2) is 50.7 Å². The van der Waals surface area contributed by atoms with E-state index in [4.69, 9.17) is 5.11 Å². The quantitative estimate of drug-likeness (QED) is 0.614. The van der Waals surface area contributed by atoms with E-state index in [1.54, 1.807) is 30.8 Å². The fourth-order valence-corrected chi connectivity index (χ4v) is 3.87. The molecule has 4 rings (SSSR count). The number of likely N-dealkylation sites (N-methyl/N-ethyl adjacent to an activating group) is 1. The molecule has 0 aromatic carbocycles. The van der Waals surface area contributed by atoms with Crippen LogP contribution in [0.2, 0.25) is 0 Å². The monoisotopic (exact) mass is 384 g/mol. The molecule has 10 heteroatoms. The number of hydrogen-bond donors (Lipinski definition) is 3. The van der Waals surface area contributed by atoms with Gasteiger partial charge in [0, 0.05) is 37.3 Å². The minimum absolute atomic E-state index is 0.121. The van der Waals surface area contributed by atoms with E-state index in [1.807, 2.05) is 17.5 Å². The number of nitrogens with zero attached hydrogens (tertiary/aromatic N) is 4. The number of carboxylic acid groups (broad SMARTS) is 1. The van der Waals surface area contributed by atoms with E-state index in [0.717, 1.165) is 21.7 Å². The molecular weight excluding hydrogens is 368 g/mol. The number of carboxylic acids is 1. The minimum Gasteiger partial charge on any atom is -0.480 e. The number of fused-ring (bicyclic) bond motifs is 1. The van der Waals surface area contributed by atoms with Crippen molar-refractivity contribution in [2.75, 3.05) is 23.8 Å². The molecular formula is C17H16N6O3S. The summed E-state index contributed by atoms with van der Waals surface area (Å²) in [5.41, 5.74) is 2.56. The molecule has 3 N–H and O–H groups in total. The summed E-state index contributed by atoms with van der Waals surface area (Å²) in [6.45, 7) is -0.195. The van der Waals surface area contributed by atoms with Gasteiger partial charge in [-0.2, -0.15) is 5.10 Å². The van der Waals surface area contributed by atoms with Gasteiger partial charge in [-0.05, 0) is 17.0 Å². The number of carbonyl (C=O) groups excluding carboxylic acids is 1. The molecule has 0 fully saturated rings. The molecule has 0 aliphatic carbocycles. The molecule has 1 aliphatic heterocycles. The third-order valence-corrected chi connectivity index (χ3v) is 5.23. The number of hydrogen-bond acceptors (Lipinski definition) is 7. The highest BCUT2D eigenvalue weighted by atomic mass is 32.1. The van der Waals surface area contributed by atoms with Crippen LogP contribution < -0.4 is 10.2 Å². The van der Waals surface area contributed by atoms with Crippen LogP contribution in [0.25, 0.3) is 10.6 Å². The van der Waals surface area contributed by atoms with Crippen LogP contribution in [0.15, 0.2) is 29.9 Å². The zero-order valence-corrected chi connectivity index (χ0v) is 15.2. The fraction of sp³-hybridized carbons (Fsp3) is 0.235.